The Morgan fingerprint density at radius 3 is 2.46 bits per heavy atom. The van der Waals surface area contributed by atoms with Crippen LogP contribution in [0.25, 0.3) is 0 Å². The average molecular weight is 544 g/mol. The van der Waals surface area contributed by atoms with Crippen molar-refractivity contribution in [1.29, 1.82) is 0 Å². The Balaban J connectivity index is 1.27. The van der Waals surface area contributed by atoms with E-state index in [-0.39, 0.29) is 5.91 Å². The van der Waals surface area contributed by atoms with Gasteiger partial charge >= 0.3 is 0 Å². The molecule has 2 aromatic carbocycles. The minimum atomic E-state index is -2.67. The van der Waals surface area contributed by atoms with Crippen LogP contribution in [0.2, 0.25) is 0 Å². The van der Waals surface area contributed by atoms with Gasteiger partial charge in [-0.3, -0.25) is 4.79 Å². The number of methoxy groups -OCH3 is 1. The summed E-state index contributed by atoms with van der Waals surface area (Å²) in [4.78, 5) is 14.6. The fourth-order valence-electron chi connectivity index (χ4n) is 5.25. The van der Waals surface area contributed by atoms with Crippen molar-refractivity contribution in [2.24, 2.45) is 7.05 Å². The van der Waals surface area contributed by atoms with E-state index in [0.29, 0.717) is 18.7 Å². The minimum absolute atomic E-state index is 0.146. The summed E-state index contributed by atoms with van der Waals surface area (Å²) in [5.41, 5.74) is 5.48. The first-order valence-corrected chi connectivity index (χ1v) is 14.5. The lowest BCUT2D eigenvalue weighted by Gasteiger charge is -2.22. The second-order valence-corrected chi connectivity index (χ2v) is 12.6. The van der Waals surface area contributed by atoms with Crippen LogP contribution in [0.15, 0.2) is 89.0 Å². The molecule has 202 valence electrons. The molecule has 1 amide bonds. The number of hydrogen-bond acceptors (Lipinski definition) is 4. The number of pyridine rings is 1. The molecule has 3 aromatic rings. The van der Waals surface area contributed by atoms with Gasteiger partial charge in [0.05, 0.1) is 39.8 Å². The number of carbonyl (C=O) groups excluding carboxylic acids is 1. The summed E-state index contributed by atoms with van der Waals surface area (Å²) in [6.45, 7) is 4.98. The van der Waals surface area contributed by atoms with E-state index in [1.807, 2.05) is 97.6 Å². The molecule has 2 aliphatic rings. The molecule has 5 rings (SSSR count). The van der Waals surface area contributed by atoms with Crippen LogP contribution in [-0.2, 0) is 28.0 Å². The molecule has 39 heavy (non-hydrogen) atoms. The van der Waals surface area contributed by atoms with Crippen LogP contribution in [0, 0.1) is 13.8 Å². The molecular weight excluding hydrogens is 508 g/mol. The first kappa shape index (κ1) is 26.7. The number of carbonyl (C=O) groups is 1. The van der Waals surface area contributed by atoms with E-state index in [4.69, 9.17) is 4.74 Å². The van der Waals surface area contributed by atoms with Gasteiger partial charge in [-0.25, -0.2) is 18.4 Å². The number of ether oxygens (including phenoxy) is 1. The van der Waals surface area contributed by atoms with Crippen molar-refractivity contribution in [3.05, 3.63) is 101 Å². The largest absolute Gasteiger partial charge is 0.497 e. The van der Waals surface area contributed by atoms with E-state index < -0.39 is 9.71 Å². The fraction of sp³-hybridized carbons (Fsp3) is 0.258. The fourth-order valence-corrected chi connectivity index (χ4v) is 8.20. The lowest BCUT2D eigenvalue weighted by atomic mass is 10.1. The smallest absolute Gasteiger partial charge is 0.279 e. The van der Waals surface area contributed by atoms with Gasteiger partial charge in [0.15, 0.2) is 0 Å². The van der Waals surface area contributed by atoms with E-state index >= 15 is 0 Å². The number of benzene rings is 2. The number of fused-ring (bicyclic) bond motifs is 1. The summed E-state index contributed by atoms with van der Waals surface area (Å²) in [7, 11) is 2.84. The van der Waals surface area contributed by atoms with Crippen LogP contribution in [0.3, 0.4) is 0 Å². The Morgan fingerprint density at radius 2 is 1.79 bits per heavy atom. The molecule has 1 unspecified atom stereocenters. The lowest BCUT2D eigenvalue weighted by molar-refractivity contribution is -0.657. The van der Waals surface area contributed by atoms with Gasteiger partial charge in [0.25, 0.3) is 11.7 Å². The molecule has 1 aromatic heterocycles. The molecule has 0 fully saturated rings. The number of allylic oxidation sites excluding steroid dienone is 1. The first-order valence-electron chi connectivity index (χ1n) is 13.0. The third-order valence-corrected chi connectivity index (χ3v) is 10.4. The molecule has 1 atom stereocenters. The predicted molar refractivity (Wildman–Crippen MR) is 157 cm³/mol. The van der Waals surface area contributed by atoms with E-state index in [1.165, 1.54) is 0 Å². The van der Waals surface area contributed by atoms with E-state index in [9.17, 15) is 9.00 Å². The van der Waals surface area contributed by atoms with Crippen molar-refractivity contribution >= 4 is 32.0 Å². The van der Waals surface area contributed by atoms with Gasteiger partial charge in [-0.1, -0.05) is 18.2 Å². The summed E-state index contributed by atoms with van der Waals surface area (Å²) < 4.78 is 23.9. The van der Waals surface area contributed by atoms with E-state index in [2.05, 4.69) is 22.8 Å². The molecule has 8 heteroatoms. The number of rotatable bonds is 8. The third kappa shape index (κ3) is 5.10. The maximum absolute atomic E-state index is 14.5. The standard InChI is InChI=1S/C31H34N4O3S/c1-21-16-27(38-5)17-22(2)30(21)39(37)28-19-24(18-25(28)20-35(39)4)31(36)32-14-13-23-9-11-26(12-10-23)33-29-8-6-7-15-34(29)3/h6-12,15-19H,13-14,20H2,1-5H3,(H,32,36)/p+1. The summed E-state index contributed by atoms with van der Waals surface area (Å²) in [6.07, 6.45) is 6.41. The average Bonchev–Trinajstić information content (AvgIpc) is 3.43. The highest BCUT2D eigenvalue weighted by atomic mass is 32.2. The Hall–Kier alpha value is -3.88. The lowest BCUT2D eigenvalue weighted by Crippen LogP contribution is -2.30. The normalized spacial score (nSPS) is 18.4. The quantitative estimate of drug-likeness (QED) is 0.335. The van der Waals surface area contributed by atoms with Crippen molar-refractivity contribution in [2.45, 2.75) is 25.2 Å². The van der Waals surface area contributed by atoms with Crippen LogP contribution in [0.1, 0.15) is 16.7 Å². The molecule has 0 spiro atoms. The summed E-state index contributed by atoms with van der Waals surface area (Å²) in [5.74, 6) is 1.61. The zero-order valence-corrected chi connectivity index (χ0v) is 23.9. The Bertz CT molecular complexity index is 1610. The van der Waals surface area contributed by atoms with Gasteiger partial charge in [-0.15, -0.1) is 0 Å². The minimum Gasteiger partial charge on any atom is -0.497 e. The molecule has 1 aliphatic carbocycles. The maximum Gasteiger partial charge on any atom is 0.279 e. The second-order valence-electron chi connectivity index (χ2n) is 10.1. The maximum atomic E-state index is 14.5. The monoisotopic (exact) mass is 543 g/mol. The number of nitrogens with zero attached hydrogens (tertiary/aromatic N) is 2. The summed E-state index contributed by atoms with van der Waals surface area (Å²) in [5, 5.41) is 6.44. The molecule has 0 radical (unpaired) electrons. The zero-order chi connectivity index (χ0) is 27.7. The molecule has 0 saturated carbocycles. The molecule has 2 N–H and O–H groups in total. The number of likely N-dealkylation sites (N-methyl/N-ethyl adjacent to an activating group) is 1. The highest BCUT2D eigenvalue weighted by molar-refractivity contribution is 8.01. The summed E-state index contributed by atoms with van der Waals surface area (Å²) in [6, 6.07) is 18.1. The number of anilines is 2. The van der Waals surface area contributed by atoms with Crippen LogP contribution in [0.4, 0.5) is 11.5 Å². The van der Waals surface area contributed by atoms with Crippen LogP contribution in [0.5, 0.6) is 5.75 Å². The number of nitrogens with one attached hydrogen (secondary N) is 2. The van der Waals surface area contributed by atoms with Crippen molar-refractivity contribution in [3.63, 3.8) is 0 Å². The second kappa shape index (κ2) is 10.7. The van der Waals surface area contributed by atoms with Crippen molar-refractivity contribution in [2.75, 3.05) is 32.6 Å². The van der Waals surface area contributed by atoms with Gasteiger partial charge in [-0.05, 0) is 92.1 Å². The van der Waals surface area contributed by atoms with E-state index in [1.54, 1.807) is 7.11 Å². The number of amides is 1. The van der Waals surface area contributed by atoms with Gasteiger partial charge in [0, 0.05) is 24.7 Å². The molecule has 0 saturated heterocycles. The molecule has 1 aliphatic heterocycles. The predicted octanol–water partition coefficient (Wildman–Crippen LogP) is 3.78. The van der Waals surface area contributed by atoms with Gasteiger partial charge in [-0.2, -0.15) is 0 Å². The third-order valence-electron chi connectivity index (χ3n) is 7.25. The number of hydrogen-bond donors (Lipinski definition) is 2. The molecule has 7 nitrogen and oxygen atoms in total. The van der Waals surface area contributed by atoms with Gasteiger partial charge in [0.1, 0.15) is 11.4 Å². The van der Waals surface area contributed by atoms with Crippen molar-refractivity contribution in [1.82, 2.24) is 9.62 Å². The van der Waals surface area contributed by atoms with Gasteiger partial charge in [0.2, 0.25) is 0 Å². The molecule has 0 bridgehead atoms. The topological polar surface area (TPSA) is 74.5 Å². The van der Waals surface area contributed by atoms with Crippen molar-refractivity contribution < 1.29 is 18.3 Å². The zero-order valence-electron chi connectivity index (χ0n) is 23.1. The Labute approximate surface area is 231 Å². The first-order chi connectivity index (χ1) is 18.7. The highest BCUT2D eigenvalue weighted by Crippen LogP contribution is 2.36. The Kier molecular flexibility index (Phi) is 7.34. The SMILES string of the molecule is COc1cc(C)c(S2(=O)=C3C=C(C(=O)NCCc4ccc(Nc5cccc[n+]5C)cc4)C=C3CN2C)c(C)c1. The van der Waals surface area contributed by atoms with Gasteiger partial charge < -0.3 is 10.1 Å². The molecular formula is C31H35N4O3S+. The number of aryl methyl sites for hydroxylation is 3. The number of aromatic nitrogens is 1. The summed E-state index contributed by atoms with van der Waals surface area (Å²) >= 11 is 0. The van der Waals surface area contributed by atoms with Crippen molar-refractivity contribution in [3.8, 4) is 5.75 Å². The Morgan fingerprint density at radius 1 is 1.08 bits per heavy atom. The van der Waals surface area contributed by atoms with Crippen LogP contribution in [-0.4, -0.2) is 46.5 Å². The van der Waals surface area contributed by atoms with Crippen LogP contribution < -0.4 is 19.9 Å². The van der Waals surface area contributed by atoms with Crippen LogP contribution >= 0.6 is 0 Å². The molecule has 2 heterocycles. The highest BCUT2D eigenvalue weighted by Gasteiger charge is 2.36. The van der Waals surface area contributed by atoms with E-state index in [0.717, 1.165) is 55.7 Å².